The van der Waals surface area contributed by atoms with E-state index in [1.807, 2.05) is 12.1 Å². The molecule has 2 aromatic heterocycles. The minimum atomic E-state index is -0.177. The van der Waals surface area contributed by atoms with Gasteiger partial charge in [0.05, 0.1) is 5.39 Å². The predicted octanol–water partition coefficient (Wildman–Crippen LogP) is 6.10. The van der Waals surface area contributed by atoms with Gasteiger partial charge in [0.25, 0.3) is 0 Å². The average Bonchev–Trinajstić information content (AvgIpc) is 3.06. The first-order chi connectivity index (χ1) is 12.2. The Morgan fingerprint density at radius 3 is 2.64 bits per heavy atom. The fourth-order valence-electron chi connectivity index (χ4n) is 2.66. The average molecular weight is 366 g/mol. The van der Waals surface area contributed by atoms with Gasteiger partial charge in [-0.2, -0.15) is 0 Å². The lowest BCUT2D eigenvalue weighted by Gasteiger charge is -2.06. The van der Waals surface area contributed by atoms with Crippen LogP contribution in [-0.2, 0) is 5.75 Å². The Balaban J connectivity index is 1.73. The molecular formula is C20H15FN2S2. The van der Waals surface area contributed by atoms with Crippen LogP contribution in [0.25, 0.3) is 21.3 Å². The van der Waals surface area contributed by atoms with Crippen molar-refractivity contribution in [2.24, 2.45) is 0 Å². The first-order valence-electron chi connectivity index (χ1n) is 7.88. The number of hydrogen-bond acceptors (Lipinski definition) is 4. The van der Waals surface area contributed by atoms with Crippen molar-refractivity contribution in [1.29, 1.82) is 0 Å². The molecule has 2 nitrogen and oxygen atoms in total. The molecule has 4 aromatic rings. The first-order valence-corrected chi connectivity index (χ1v) is 9.74. The summed E-state index contributed by atoms with van der Waals surface area (Å²) in [7, 11) is 0. The van der Waals surface area contributed by atoms with Gasteiger partial charge in [-0.1, -0.05) is 48.0 Å². The van der Waals surface area contributed by atoms with E-state index >= 15 is 0 Å². The smallest absolute Gasteiger partial charge is 0.128 e. The highest BCUT2D eigenvalue weighted by Gasteiger charge is 2.14. The Morgan fingerprint density at radius 2 is 1.84 bits per heavy atom. The Hall–Kier alpha value is -2.24. The van der Waals surface area contributed by atoms with E-state index in [-0.39, 0.29) is 5.82 Å². The molecule has 0 amide bonds. The molecule has 25 heavy (non-hydrogen) atoms. The Morgan fingerprint density at radius 1 is 1.04 bits per heavy atom. The number of fused-ring (bicyclic) bond motifs is 1. The molecule has 0 fully saturated rings. The van der Waals surface area contributed by atoms with Crippen molar-refractivity contribution in [2.45, 2.75) is 17.7 Å². The lowest BCUT2D eigenvalue weighted by Crippen LogP contribution is -1.90. The summed E-state index contributed by atoms with van der Waals surface area (Å²) in [6.45, 7) is 2.08. The minimum Gasteiger partial charge on any atom is -0.229 e. The van der Waals surface area contributed by atoms with E-state index in [9.17, 15) is 4.39 Å². The number of thiophene rings is 1. The highest BCUT2D eigenvalue weighted by atomic mass is 32.2. The third-order valence-electron chi connectivity index (χ3n) is 4.02. The number of thioether (sulfide) groups is 1. The molecule has 0 atom stereocenters. The van der Waals surface area contributed by atoms with Crippen LogP contribution < -0.4 is 0 Å². The van der Waals surface area contributed by atoms with Crippen LogP contribution >= 0.6 is 23.1 Å². The van der Waals surface area contributed by atoms with Gasteiger partial charge in [0.1, 0.15) is 22.0 Å². The van der Waals surface area contributed by atoms with Gasteiger partial charge in [-0.25, -0.2) is 14.4 Å². The van der Waals surface area contributed by atoms with Crippen molar-refractivity contribution >= 4 is 33.3 Å². The number of aromatic nitrogens is 2. The van der Waals surface area contributed by atoms with Crippen LogP contribution in [0.2, 0.25) is 0 Å². The van der Waals surface area contributed by atoms with E-state index in [1.165, 1.54) is 11.6 Å². The molecule has 0 aliphatic carbocycles. The van der Waals surface area contributed by atoms with Crippen LogP contribution in [0.4, 0.5) is 4.39 Å². The van der Waals surface area contributed by atoms with Gasteiger partial charge in [-0.05, 0) is 24.1 Å². The molecule has 0 unspecified atom stereocenters. The van der Waals surface area contributed by atoms with Crippen LogP contribution in [0.5, 0.6) is 0 Å². The van der Waals surface area contributed by atoms with Gasteiger partial charge in [0.2, 0.25) is 0 Å². The van der Waals surface area contributed by atoms with Crippen LogP contribution in [0.3, 0.4) is 0 Å². The van der Waals surface area contributed by atoms with Crippen molar-refractivity contribution in [1.82, 2.24) is 9.97 Å². The number of nitrogens with zero attached hydrogens (tertiary/aromatic N) is 2. The summed E-state index contributed by atoms with van der Waals surface area (Å²) in [5.41, 5.74) is 4.20. The van der Waals surface area contributed by atoms with Crippen LogP contribution in [0, 0.1) is 12.7 Å². The number of aryl methyl sites for hydroxylation is 1. The number of benzene rings is 2. The third-order valence-corrected chi connectivity index (χ3v) is 5.94. The summed E-state index contributed by atoms with van der Waals surface area (Å²) in [5, 5.41) is 4.07. The maximum Gasteiger partial charge on any atom is 0.128 e. The maximum atomic E-state index is 13.9. The SMILES string of the molecule is Cc1ccc(-c2csc3ncnc(SCc4ccccc4F)c23)cc1. The monoisotopic (exact) mass is 366 g/mol. The second kappa shape index (κ2) is 6.94. The molecular weight excluding hydrogens is 351 g/mol. The summed E-state index contributed by atoms with van der Waals surface area (Å²) in [4.78, 5) is 9.82. The second-order valence-electron chi connectivity index (χ2n) is 5.75. The van der Waals surface area contributed by atoms with E-state index in [0.717, 1.165) is 26.4 Å². The molecule has 0 aliphatic rings. The number of rotatable bonds is 4. The fraction of sp³-hybridized carbons (Fsp3) is 0.100. The van der Waals surface area contributed by atoms with Crippen LogP contribution in [0.1, 0.15) is 11.1 Å². The lowest BCUT2D eigenvalue weighted by molar-refractivity contribution is 0.617. The summed E-state index contributed by atoms with van der Waals surface area (Å²) < 4.78 is 13.9. The number of halogens is 1. The first kappa shape index (κ1) is 16.2. The highest BCUT2D eigenvalue weighted by molar-refractivity contribution is 7.98. The fourth-order valence-corrected chi connectivity index (χ4v) is 4.64. The molecule has 0 radical (unpaired) electrons. The Bertz CT molecular complexity index is 1030. The maximum absolute atomic E-state index is 13.9. The molecule has 4 rings (SSSR count). The zero-order valence-electron chi connectivity index (χ0n) is 13.6. The van der Waals surface area contributed by atoms with Gasteiger partial charge >= 0.3 is 0 Å². The van der Waals surface area contributed by atoms with Crippen LogP contribution in [-0.4, -0.2) is 9.97 Å². The van der Waals surface area contributed by atoms with Gasteiger partial charge in [0.15, 0.2) is 0 Å². The standard InChI is InChI=1S/C20H15FN2S2/c1-13-6-8-14(9-7-13)16-11-25-20-18(16)19(22-12-23-20)24-10-15-4-2-3-5-17(15)21/h2-9,11-12H,10H2,1H3. The van der Waals surface area contributed by atoms with Gasteiger partial charge < -0.3 is 0 Å². The normalized spacial score (nSPS) is 11.1. The highest BCUT2D eigenvalue weighted by Crippen LogP contribution is 2.38. The van der Waals surface area contributed by atoms with Gasteiger partial charge in [-0.3, -0.25) is 0 Å². The summed E-state index contributed by atoms with van der Waals surface area (Å²) in [6.07, 6.45) is 1.58. The zero-order chi connectivity index (χ0) is 17.2. The molecule has 5 heteroatoms. The van der Waals surface area contributed by atoms with Crippen LogP contribution in [0.15, 0.2) is 65.3 Å². The van der Waals surface area contributed by atoms with Crippen molar-refractivity contribution in [3.63, 3.8) is 0 Å². The van der Waals surface area contributed by atoms with Gasteiger partial charge in [0, 0.05) is 16.7 Å². The molecule has 2 aromatic carbocycles. The molecule has 0 aliphatic heterocycles. The molecule has 0 saturated carbocycles. The molecule has 0 spiro atoms. The molecule has 2 heterocycles. The van der Waals surface area contributed by atoms with Crippen molar-refractivity contribution in [3.05, 3.63) is 77.2 Å². The quantitative estimate of drug-likeness (QED) is 0.322. The largest absolute Gasteiger partial charge is 0.229 e. The van der Waals surface area contributed by atoms with E-state index < -0.39 is 0 Å². The van der Waals surface area contributed by atoms with E-state index in [0.29, 0.717) is 11.3 Å². The predicted molar refractivity (Wildman–Crippen MR) is 104 cm³/mol. The Labute approximate surface area is 153 Å². The summed E-state index contributed by atoms with van der Waals surface area (Å²) in [5.74, 6) is 0.367. The minimum absolute atomic E-state index is 0.177. The van der Waals surface area contributed by atoms with Crippen molar-refractivity contribution in [2.75, 3.05) is 0 Å². The summed E-state index contributed by atoms with van der Waals surface area (Å²) >= 11 is 3.16. The second-order valence-corrected chi connectivity index (χ2v) is 7.58. The lowest BCUT2D eigenvalue weighted by atomic mass is 10.1. The molecule has 0 bridgehead atoms. The molecule has 0 N–H and O–H groups in total. The van der Waals surface area contributed by atoms with Crippen molar-refractivity contribution in [3.8, 4) is 11.1 Å². The van der Waals surface area contributed by atoms with Gasteiger partial charge in [-0.15, -0.1) is 23.1 Å². The van der Waals surface area contributed by atoms with E-state index in [2.05, 4.69) is 46.5 Å². The molecule has 124 valence electrons. The van der Waals surface area contributed by atoms with E-state index in [1.54, 1.807) is 35.5 Å². The van der Waals surface area contributed by atoms with E-state index in [4.69, 9.17) is 0 Å². The van der Waals surface area contributed by atoms with Crippen molar-refractivity contribution < 1.29 is 4.39 Å². The Kier molecular flexibility index (Phi) is 4.51. The topological polar surface area (TPSA) is 25.8 Å². The third kappa shape index (κ3) is 3.30. The molecule has 0 saturated heterocycles. The number of hydrogen-bond donors (Lipinski definition) is 0. The zero-order valence-corrected chi connectivity index (χ0v) is 15.2. The summed E-state index contributed by atoms with van der Waals surface area (Å²) in [6, 6.07) is 15.3.